The smallest absolute Gasteiger partial charge is 0.361 e. The Balaban J connectivity index is 3.30. The molecule has 0 radical (unpaired) electrons. The van der Waals surface area contributed by atoms with Gasteiger partial charge in [0.1, 0.15) is 5.54 Å². The van der Waals surface area contributed by atoms with Gasteiger partial charge < -0.3 is 5.11 Å². The Kier molecular flexibility index (Phi) is 4.77. The summed E-state index contributed by atoms with van der Waals surface area (Å²) in [7, 11) is -4.69. The number of carbonyl (C=O) groups is 1. The fraction of sp³-hybridized carbons (Fsp3) is 0.462. The molecule has 0 amide bonds. The molecule has 0 atom stereocenters. The molecule has 7 heteroatoms. The van der Waals surface area contributed by atoms with Gasteiger partial charge in [-0.3, -0.25) is 4.55 Å². The third-order valence-corrected chi connectivity index (χ3v) is 4.10. The third-order valence-electron chi connectivity index (χ3n) is 2.97. The lowest BCUT2D eigenvalue weighted by atomic mass is 10.0. The predicted octanol–water partition coefficient (Wildman–Crippen LogP) is 2.11. The molecular formula is C13H19NO5S. The van der Waals surface area contributed by atoms with Gasteiger partial charge in [-0.25, -0.2) is 9.10 Å². The highest BCUT2D eigenvalue weighted by Gasteiger charge is 2.41. The first-order valence-electron chi connectivity index (χ1n) is 6.21. The lowest BCUT2D eigenvalue weighted by Gasteiger charge is -2.33. The van der Waals surface area contributed by atoms with Crippen molar-refractivity contribution in [2.75, 3.05) is 4.31 Å². The van der Waals surface area contributed by atoms with Crippen LogP contribution < -0.4 is 4.31 Å². The van der Waals surface area contributed by atoms with Crippen LogP contribution >= 0.6 is 0 Å². The summed E-state index contributed by atoms with van der Waals surface area (Å²) in [5.74, 6) is -1.35. The maximum Gasteiger partial charge on any atom is 0.361 e. The summed E-state index contributed by atoms with van der Waals surface area (Å²) in [6.45, 7) is 4.44. The molecule has 6 nitrogen and oxygen atoms in total. The number of carboxylic acids is 1. The van der Waals surface area contributed by atoms with E-state index in [1.165, 1.54) is 26.0 Å². The van der Waals surface area contributed by atoms with E-state index < -0.39 is 21.8 Å². The summed E-state index contributed by atoms with van der Waals surface area (Å²) in [5, 5.41) is 9.16. The molecule has 0 saturated heterocycles. The van der Waals surface area contributed by atoms with E-state index in [1.54, 1.807) is 12.1 Å². The van der Waals surface area contributed by atoms with Crippen molar-refractivity contribution in [2.24, 2.45) is 0 Å². The Morgan fingerprint density at radius 3 is 2.10 bits per heavy atom. The fourth-order valence-electron chi connectivity index (χ4n) is 1.92. The van der Waals surface area contributed by atoms with Crippen molar-refractivity contribution in [3.05, 3.63) is 29.8 Å². The Labute approximate surface area is 118 Å². The van der Waals surface area contributed by atoms with Gasteiger partial charge in [0.2, 0.25) is 0 Å². The maximum atomic E-state index is 11.5. The molecule has 0 aromatic heterocycles. The summed E-state index contributed by atoms with van der Waals surface area (Å²) < 4.78 is 32.8. The monoisotopic (exact) mass is 301 g/mol. The molecule has 112 valence electrons. The van der Waals surface area contributed by atoms with E-state index in [4.69, 9.17) is 5.11 Å². The van der Waals surface area contributed by atoms with Gasteiger partial charge in [0.05, 0.1) is 5.69 Å². The molecule has 20 heavy (non-hydrogen) atoms. The summed E-state index contributed by atoms with van der Waals surface area (Å²) >= 11 is 0. The number of aliphatic carboxylic acids is 1. The van der Waals surface area contributed by atoms with Crippen LogP contribution in [0.3, 0.4) is 0 Å². The van der Waals surface area contributed by atoms with Gasteiger partial charge in [0.15, 0.2) is 0 Å². The van der Waals surface area contributed by atoms with E-state index in [-0.39, 0.29) is 5.69 Å². The molecule has 0 bridgehead atoms. The average molecular weight is 301 g/mol. The van der Waals surface area contributed by atoms with E-state index in [2.05, 4.69) is 0 Å². The molecular weight excluding hydrogens is 282 g/mol. The Hall–Kier alpha value is -1.60. The normalized spacial score (nSPS) is 12.2. The minimum atomic E-state index is -4.69. The zero-order valence-electron chi connectivity index (χ0n) is 11.7. The number of rotatable bonds is 6. The number of hydrogen-bond donors (Lipinski definition) is 2. The second kappa shape index (κ2) is 5.80. The van der Waals surface area contributed by atoms with Gasteiger partial charge in [-0.1, -0.05) is 25.5 Å². The highest BCUT2D eigenvalue weighted by Crippen LogP contribution is 2.27. The number of benzene rings is 1. The molecule has 0 aliphatic heterocycles. The minimum absolute atomic E-state index is 0.111. The van der Waals surface area contributed by atoms with E-state index in [0.29, 0.717) is 4.31 Å². The number of carboxylic acid groups (broad SMARTS) is 1. The van der Waals surface area contributed by atoms with Crippen LogP contribution in [-0.2, 0) is 21.5 Å². The third kappa shape index (κ3) is 3.49. The van der Waals surface area contributed by atoms with Crippen molar-refractivity contribution in [2.45, 2.75) is 39.2 Å². The molecule has 1 aromatic rings. The van der Waals surface area contributed by atoms with Crippen molar-refractivity contribution in [1.82, 2.24) is 0 Å². The largest absolute Gasteiger partial charge is 0.479 e. The summed E-state index contributed by atoms with van der Waals surface area (Å²) in [4.78, 5) is 11.2. The minimum Gasteiger partial charge on any atom is -0.479 e. The predicted molar refractivity (Wildman–Crippen MR) is 76.2 cm³/mol. The fourth-order valence-corrected chi connectivity index (χ4v) is 2.96. The lowest BCUT2D eigenvalue weighted by Crippen LogP contribution is -2.53. The molecule has 0 fully saturated rings. The molecule has 0 unspecified atom stereocenters. The zero-order chi connectivity index (χ0) is 15.6. The van der Waals surface area contributed by atoms with Gasteiger partial charge in [0, 0.05) is 0 Å². The number of nitrogens with zero attached hydrogens (tertiary/aromatic N) is 1. The van der Waals surface area contributed by atoms with Crippen LogP contribution in [0.25, 0.3) is 0 Å². The molecule has 1 rings (SSSR count). The quantitative estimate of drug-likeness (QED) is 0.785. The second-order valence-corrected chi connectivity index (χ2v) is 6.28. The Morgan fingerprint density at radius 2 is 1.75 bits per heavy atom. The molecule has 0 spiro atoms. The highest BCUT2D eigenvalue weighted by molar-refractivity contribution is 7.87. The first-order chi connectivity index (χ1) is 9.10. The summed E-state index contributed by atoms with van der Waals surface area (Å²) in [5.41, 5.74) is -0.667. The van der Waals surface area contributed by atoms with Crippen molar-refractivity contribution in [1.29, 1.82) is 0 Å². The van der Waals surface area contributed by atoms with Crippen molar-refractivity contribution >= 4 is 22.0 Å². The van der Waals surface area contributed by atoms with E-state index in [9.17, 15) is 17.8 Å². The van der Waals surface area contributed by atoms with Crippen LogP contribution in [0.5, 0.6) is 0 Å². The maximum absolute atomic E-state index is 11.5. The highest BCUT2D eigenvalue weighted by atomic mass is 32.2. The van der Waals surface area contributed by atoms with Gasteiger partial charge in [-0.2, -0.15) is 8.42 Å². The first-order valence-corrected chi connectivity index (χ1v) is 7.60. The molecule has 0 saturated carbocycles. The van der Waals surface area contributed by atoms with Crippen LogP contribution in [0.15, 0.2) is 24.3 Å². The first kappa shape index (κ1) is 16.5. The zero-order valence-corrected chi connectivity index (χ0v) is 12.5. The van der Waals surface area contributed by atoms with Crippen molar-refractivity contribution in [3.8, 4) is 0 Å². The second-order valence-electron chi connectivity index (χ2n) is 5.02. The van der Waals surface area contributed by atoms with Gasteiger partial charge >= 0.3 is 16.3 Å². The summed E-state index contributed by atoms with van der Waals surface area (Å²) in [6, 6.07) is 6.41. The van der Waals surface area contributed by atoms with Crippen LogP contribution in [0.4, 0.5) is 5.69 Å². The van der Waals surface area contributed by atoms with E-state index in [0.717, 1.165) is 18.4 Å². The van der Waals surface area contributed by atoms with Crippen molar-refractivity contribution < 1.29 is 22.9 Å². The number of aryl methyl sites for hydroxylation is 1. The molecule has 0 aliphatic rings. The van der Waals surface area contributed by atoms with E-state index in [1.807, 2.05) is 6.92 Å². The molecule has 0 heterocycles. The number of anilines is 1. The van der Waals surface area contributed by atoms with Crippen molar-refractivity contribution in [3.63, 3.8) is 0 Å². The topological polar surface area (TPSA) is 94.9 Å². The lowest BCUT2D eigenvalue weighted by molar-refractivity contribution is -0.141. The van der Waals surface area contributed by atoms with Gasteiger partial charge in [-0.05, 0) is 38.0 Å². The summed E-state index contributed by atoms with van der Waals surface area (Å²) in [6.07, 6.45) is 1.79. The molecule has 1 aromatic carbocycles. The van der Waals surface area contributed by atoms with Gasteiger partial charge in [0.25, 0.3) is 0 Å². The standard InChI is InChI=1S/C13H19NO5S/c1-4-5-10-6-8-11(9-7-10)14(20(17,18)19)13(2,3)12(15)16/h6-9H,4-5H2,1-3H3,(H,15,16)(H,17,18,19). The Bertz CT molecular complexity index is 577. The Morgan fingerprint density at radius 1 is 1.25 bits per heavy atom. The average Bonchev–Trinajstić information content (AvgIpc) is 2.29. The molecule has 0 aliphatic carbocycles. The molecule has 2 N–H and O–H groups in total. The number of hydrogen-bond acceptors (Lipinski definition) is 3. The van der Waals surface area contributed by atoms with Crippen LogP contribution in [0, 0.1) is 0 Å². The van der Waals surface area contributed by atoms with Gasteiger partial charge in [-0.15, -0.1) is 0 Å². The van der Waals surface area contributed by atoms with E-state index >= 15 is 0 Å². The van der Waals surface area contributed by atoms with Crippen LogP contribution in [0.1, 0.15) is 32.8 Å². The van der Waals surface area contributed by atoms with Crippen LogP contribution in [0.2, 0.25) is 0 Å². The van der Waals surface area contributed by atoms with Crippen LogP contribution in [-0.4, -0.2) is 29.6 Å². The SMILES string of the molecule is CCCc1ccc(N(C(C)(C)C(=O)O)S(=O)(=O)O)cc1.